The predicted octanol–water partition coefficient (Wildman–Crippen LogP) is 4.79. The van der Waals surface area contributed by atoms with Gasteiger partial charge in [-0.05, 0) is 44.9 Å². The maximum Gasteiger partial charge on any atom is 0.410 e. The van der Waals surface area contributed by atoms with E-state index >= 15 is 0 Å². The van der Waals surface area contributed by atoms with Crippen LogP contribution in [0.1, 0.15) is 50.1 Å². The predicted molar refractivity (Wildman–Crippen MR) is 139 cm³/mol. The molecule has 1 fully saturated rings. The van der Waals surface area contributed by atoms with Crippen molar-refractivity contribution in [2.75, 3.05) is 25.5 Å². The molecule has 1 atom stereocenters. The molecule has 1 aromatic heterocycles. The number of amides is 1. The van der Waals surface area contributed by atoms with Gasteiger partial charge in [0.2, 0.25) is 0 Å². The van der Waals surface area contributed by atoms with Gasteiger partial charge in [-0.15, -0.1) is 5.54 Å². The molecule has 35 heavy (non-hydrogen) atoms. The minimum atomic E-state index is -1.67. The van der Waals surface area contributed by atoms with Crippen LogP contribution in [0.3, 0.4) is 0 Å². The molecular weight excluding hydrogens is 458 g/mol. The second-order valence-electron chi connectivity index (χ2n) is 10.7. The van der Waals surface area contributed by atoms with Gasteiger partial charge in [0.05, 0.1) is 13.2 Å². The molecule has 0 unspecified atom stereocenters. The van der Waals surface area contributed by atoms with Crippen molar-refractivity contribution in [3.05, 3.63) is 41.1 Å². The monoisotopic (exact) mass is 493 g/mol. The lowest BCUT2D eigenvalue weighted by molar-refractivity contribution is 0.0288. The number of anilines is 1. The summed E-state index contributed by atoms with van der Waals surface area (Å²) in [5.41, 5.74) is 4.71. The van der Waals surface area contributed by atoms with Crippen molar-refractivity contribution in [2.45, 2.75) is 65.0 Å². The first kappa shape index (κ1) is 26.2. The van der Waals surface area contributed by atoms with Crippen molar-refractivity contribution in [3.8, 4) is 23.3 Å². The molecule has 1 saturated heterocycles. The van der Waals surface area contributed by atoms with E-state index in [1.54, 1.807) is 12.0 Å². The molecule has 2 heterocycles. The first-order chi connectivity index (χ1) is 16.4. The molecule has 1 N–H and O–H groups in total. The number of hydrogen-bond donors (Lipinski definition) is 1. The van der Waals surface area contributed by atoms with Gasteiger partial charge in [0.1, 0.15) is 36.9 Å². The molecule has 9 heteroatoms. The normalized spacial score (nSPS) is 15.7. The van der Waals surface area contributed by atoms with Crippen molar-refractivity contribution in [2.24, 2.45) is 0 Å². The van der Waals surface area contributed by atoms with Gasteiger partial charge in [-0.1, -0.05) is 37.7 Å². The number of carbonyl (C=O) groups is 1. The van der Waals surface area contributed by atoms with Gasteiger partial charge in [-0.2, -0.15) is 10.4 Å². The minimum Gasteiger partial charge on any atom is -0.497 e. The summed E-state index contributed by atoms with van der Waals surface area (Å²) in [5, 5.41) is 18.2. The van der Waals surface area contributed by atoms with E-state index < -0.39 is 13.7 Å². The average Bonchev–Trinajstić information content (AvgIpc) is 3.39. The first-order valence-corrected chi connectivity index (χ1v) is 15.3. The van der Waals surface area contributed by atoms with Gasteiger partial charge in [0.25, 0.3) is 0 Å². The van der Waals surface area contributed by atoms with Gasteiger partial charge in [0, 0.05) is 19.6 Å². The summed E-state index contributed by atoms with van der Waals surface area (Å²) in [6.07, 6.45) is 0.378. The number of nitrogens with zero attached hydrogens (tertiary/aromatic N) is 4. The van der Waals surface area contributed by atoms with Crippen LogP contribution in [-0.4, -0.2) is 54.6 Å². The SMILES string of the molecule is COc1ccc(CNc2c(C#N)c(C#C[Si](C)(C)C)nn2[C@H]2CCN(C(=O)OC(C)(C)C)C2)cc1. The highest BCUT2D eigenvalue weighted by atomic mass is 28.3. The lowest BCUT2D eigenvalue weighted by atomic mass is 10.2. The number of rotatable bonds is 5. The number of nitriles is 1. The van der Waals surface area contributed by atoms with E-state index in [-0.39, 0.29) is 12.1 Å². The van der Waals surface area contributed by atoms with Crippen LogP contribution in [0.25, 0.3) is 0 Å². The lowest BCUT2D eigenvalue weighted by Crippen LogP contribution is -2.35. The second-order valence-corrected chi connectivity index (χ2v) is 15.4. The molecule has 1 aliphatic heterocycles. The van der Waals surface area contributed by atoms with E-state index in [1.165, 1.54) is 0 Å². The van der Waals surface area contributed by atoms with Crippen molar-refractivity contribution in [1.82, 2.24) is 14.7 Å². The number of benzene rings is 1. The van der Waals surface area contributed by atoms with Gasteiger partial charge in [-0.3, -0.25) is 0 Å². The highest BCUT2D eigenvalue weighted by Crippen LogP contribution is 2.30. The number of nitrogens with one attached hydrogen (secondary N) is 1. The average molecular weight is 494 g/mol. The quantitative estimate of drug-likeness (QED) is 0.476. The van der Waals surface area contributed by atoms with E-state index in [0.717, 1.165) is 11.3 Å². The van der Waals surface area contributed by atoms with Gasteiger partial charge in [0.15, 0.2) is 5.69 Å². The molecule has 0 aliphatic carbocycles. The summed E-state index contributed by atoms with van der Waals surface area (Å²) in [4.78, 5) is 14.3. The van der Waals surface area contributed by atoms with Crippen molar-refractivity contribution in [1.29, 1.82) is 5.26 Å². The van der Waals surface area contributed by atoms with Crippen LogP contribution >= 0.6 is 0 Å². The van der Waals surface area contributed by atoms with Crippen molar-refractivity contribution >= 4 is 20.0 Å². The number of carbonyl (C=O) groups excluding carboxylic acids is 1. The highest BCUT2D eigenvalue weighted by Gasteiger charge is 2.33. The molecule has 186 valence electrons. The molecular formula is C26H35N5O3Si. The number of likely N-dealkylation sites (tertiary alicyclic amines) is 1. The summed E-state index contributed by atoms with van der Waals surface area (Å²) >= 11 is 0. The highest BCUT2D eigenvalue weighted by molar-refractivity contribution is 6.83. The van der Waals surface area contributed by atoms with Gasteiger partial charge >= 0.3 is 6.09 Å². The van der Waals surface area contributed by atoms with E-state index in [0.29, 0.717) is 43.1 Å². The van der Waals surface area contributed by atoms with Crippen molar-refractivity contribution in [3.63, 3.8) is 0 Å². The van der Waals surface area contributed by atoms with Crippen LogP contribution in [0.5, 0.6) is 5.75 Å². The third-order valence-corrected chi connectivity index (χ3v) is 6.23. The zero-order valence-corrected chi connectivity index (χ0v) is 22.7. The summed E-state index contributed by atoms with van der Waals surface area (Å²) in [7, 11) is -0.0307. The Morgan fingerprint density at radius 1 is 1.26 bits per heavy atom. The molecule has 0 bridgehead atoms. The van der Waals surface area contributed by atoms with Crippen LogP contribution in [0, 0.1) is 22.8 Å². The fourth-order valence-corrected chi connectivity index (χ4v) is 4.16. The second kappa shape index (κ2) is 10.5. The third kappa shape index (κ3) is 7.03. The van der Waals surface area contributed by atoms with E-state index in [9.17, 15) is 10.1 Å². The molecule has 1 aromatic carbocycles. The molecule has 1 amide bonds. The van der Waals surface area contributed by atoms with E-state index in [4.69, 9.17) is 14.6 Å². The largest absolute Gasteiger partial charge is 0.497 e. The molecule has 2 aromatic rings. The molecule has 0 saturated carbocycles. The summed E-state index contributed by atoms with van der Waals surface area (Å²) in [6.45, 7) is 13.6. The van der Waals surface area contributed by atoms with E-state index in [1.807, 2.05) is 49.7 Å². The topological polar surface area (TPSA) is 92.4 Å². The Bertz CT molecular complexity index is 1160. The Morgan fingerprint density at radius 2 is 1.94 bits per heavy atom. The first-order valence-electron chi connectivity index (χ1n) is 11.8. The molecule has 8 nitrogen and oxygen atoms in total. The van der Waals surface area contributed by atoms with Crippen LogP contribution in [0.2, 0.25) is 19.6 Å². The molecule has 3 rings (SSSR count). The number of aromatic nitrogens is 2. The van der Waals surface area contributed by atoms with Gasteiger partial charge < -0.3 is 19.7 Å². The Kier molecular flexibility index (Phi) is 7.82. The van der Waals surface area contributed by atoms with Gasteiger partial charge in [-0.25, -0.2) is 9.48 Å². The number of hydrogen-bond acceptors (Lipinski definition) is 6. The fourth-order valence-electron chi connectivity index (χ4n) is 3.67. The lowest BCUT2D eigenvalue weighted by Gasteiger charge is -2.24. The van der Waals surface area contributed by atoms with Crippen LogP contribution in [-0.2, 0) is 11.3 Å². The minimum absolute atomic E-state index is 0.0876. The standard InChI is InChI=1S/C26H35N5O3Si/c1-26(2,3)34-25(32)30-14-12-20(18-30)31-24(28-17-19-8-10-21(33-4)11-9-19)22(16-27)23(29-31)13-15-35(5,6)7/h8-11,20,28H,12,14,17-18H2,1-7H3/t20-/m0/s1. The van der Waals surface area contributed by atoms with Crippen LogP contribution < -0.4 is 10.1 Å². The zero-order chi connectivity index (χ0) is 25.8. The summed E-state index contributed by atoms with van der Waals surface area (Å²) < 4.78 is 12.6. The molecule has 0 spiro atoms. The molecule has 0 radical (unpaired) electrons. The summed E-state index contributed by atoms with van der Waals surface area (Å²) in [6, 6.07) is 9.98. The van der Waals surface area contributed by atoms with Crippen LogP contribution in [0.15, 0.2) is 24.3 Å². The Hall–Kier alpha value is -3.43. The van der Waals surface area contributed by atoms with Crippen molar-refractivity contribution < 1.29 is 14.3 Å². The number of methoxy groups -OCH3 is 1. The van der Waals surface area contributed by atoms with E-state index in [2.05, 4.69) is 42.5 Å². The fraction of sp³-hybridized carbons (Fsp3) is 0.500. The maximum atomic E-state index is 12.6. The smallest absolute Gasteiger partial charge is 0.410 e. The Morgan fingerprint density at radius 3 is 2.51 bits per heavy atom. The third-order valence-electron chi connectivity index (χ3n) is 5.36. The number of ether oxygens (including phenoxy) is 2. The Balaban J connectivity index is 1.91. The Labute approximate surface area is 209 Å². The zero-order valence-electron chi connectivity index (χ0n) is 21.7. The molecule has 1 aliphatic rings. The van der Waals surface area contributed by atoms with Crippen LogP contribution in [0.4, 0.5) is 10.6 Å². The summed E-state index contributed by atoms with van der Waals surface area (Å²) in [5.74, 6) is 4.57. The maximum absolute atomic E-state index is 12.6.